The van der Waals surface area contributed by atoms with Gasteiger partial charge in [0.05, 0.1) is 23.8 Å². The summed E-state index contributed by atoms with van der Waals surface area (Å²) in [7, 11) is -3.45. The molecule has 0 unspecified atom stereocenters. The standard InChI is InChI=1S/C18H20N2O3S2/c1-24-17-6-2-15(3-7-17)14-19-16-4-8-18(9-5-16)25(21,22)20-10-12-23-13-11-20/h2-9,14H,10-13H2,1H3. The van der Waals surface area contributed by atoms with Crippen LogP contribution < -0.4 is 0 Å². The molecule has 132 valence electrons. The SMILES string of the molecule is CSc1ccc(C=Nc2ccc(S(=O)(=O)N3CCOCC3)cc2)cc1. The van der Waals surface area contributed by atoms with Crippen LogP contribution in [0.5, 0.6) is 0 Å². The zero-order valence-corrected chi connectivity index (χ0v) is 15.6. The number of thioether (sulfide) groups is 1. The molecule has 7 heteroatoms. The fourth-order valence-corrected chi connectivity index (χ4v) is 4.30. The van der Waals surface area contributed by atoms with Crippen LogP contribution in [0, 0.1) is 0 Å². The summed E-state index contributed by atoms with van der Waals surface area (Å²) in [5.41, 5.74) is 1.72. The molecular weight excluding hydrogens is 356 g/mol. The minimum Gasteiger partial charge on any atom is -0.379 e. The maximum Gasteiger partial charge on any atom is 0.243 e. The molecule has 25 heavy (non-hydrogen) atoms. The van der Waals surface area contributed by atoms with Crippen LogP contribution in [0.15, 0.2) is 63.3 Å². The van der Waals surface area contributed by atoms with E-state index in [0.29, 0.717) is 26.3 Å². The summed E-state index contributed by atoms with van der Waals surface area (Å²) in [6.07, 6.45) is 3.81. The third-order valence-corrected chi connectivity index (χ3v) is 6.58. The second kappa shape index (κ2) is 8.14. The maximum atomic E-state index is 12.6. The molecule has 0 radical (unpaired) electrons. The number of rotatable bonds is 5. The highest BCUT2D eigenvalue weighted by atomic mass is 32.2. The first kappa shape index (κ1) is 18.1. The number of morpholine rings is 1. The van der Waals surface area contributed by atoms with E-state index in [-0.39, 0.29) is 4.90 Å². The van der Waals surface area contributed by atoms with Crippen LogP contribution in [-0.2, 0) is 14.8 Å². The Morgan fingerprint density at radius 3 is 2.28 bits per heavy atom. The van der Waals surface area contributed by atoms with E-state index in [1.54, 1.807) is 42.2 Å². The molecule has 1 aliphatic heterocycles. The van der Waals surface area contributed by atoms with Crippen LogP contribution in [0.3, 0.4) is 0 Å². The Balaban J connectivity index is 1.72. The molecule has 1 fully saturated rings. The number of aliphatic imine (C=N–C) groups is 1. The van der Waals surface area contributed by atoms with E-state index in [2.05, 4.69) is 4.99 Å². The average Bonchev–Trinajstić information content (AvgIpc) is 2.68. The van der Waals surface area contributed by atoms with Gasteiger partial charge in [0.15, 0.2) is 0 Å². The number of hydrogen-bond donors (Lipinski definition) is 0. The highest BCUT2D eigenvalue weighted by Gasteiger charge is 2.25. The van der Waals surface area contributed by atoms with Gasteiger partial charge in [0, 0.05) is 24.2 Å². The number of hydrogen-bond acceptors (Lipinski definition) is 5. The summed E-state index contributed by atoms with van der Waals surface area (Å²) >= 11 is 1.69. The van der Waals surface area contributed by atoms with E-state index in [1.165, 1.54) is 9.20 Å². The predicted octanol–water partition coefficient (Wildman–Crippen LogP) is 3.18. The highest BCUT2D eigenvalue weighted by Crippen LogP contribution is 2.21. The van der Waals surface area contributed by atoms with Gasteiger partial charge >= 0.3 is 0 Å². The van der Waals surface area contributed by atoms with E-state index >= 15 is 0 Å². The average molecular weight is 377 g/mol. The Morgan fingerprint density at radius 2 is 1.68 bits per heavy atom. The van der Waals surface area contributed by atoms with Gasteiger partial charge in [-0.1, -0.05) is 12.1 Å². The zero-order valence-electron chi connectivity index (χ0n) is 14.0. The highest BCUT2D eigenvalue weighted by molar-refractivity contribution is 7.98. The lowest BCUT2D eigenvalue weighted by Gasteiger charge is -2.26. The molecular formula is C18H20N2O3S2. The summed E-state index contributed by atoms with van der Waals surface area (Å²) in [6.45, 7) is 1.68. The molecule has 0 N–H and O–H groups in total. The second-order valence-corrected chi connectivity index (χ2v) is 8.36. The first-order chi connectivity index (χ1) is 12.1. The van der Waals surface area contributed by atoms with Crippen LogP contribution in [0.4, 0.5) is 5.69 Å². The quantitative estimate of drug-likeness (QED) is 0.594. The molecule has 2 aromatic rings. The van der Waals surface area contributed by atoms with Crippen LogP contribution in [0.2, 0.25) is 0 Å². The first-order valence-electron chi connectivity index (χ1n) is 7.96. The summed E-state index contributed by atoms with van der Waals surface area (Å²) < 4.78 is 31.8. The Labute approximate surface area is 152 Å². The normalized spacial score (nSPS) is 16.4. The van der Waals surface area contributed by atoms with Crippen molar-refractivity contribution in [1.29, 1.82) is 0 Å². The fraction of sp³-hybridized carbons (Fsp3) is 0.278. The van der Waals surface area contributed by atoms with Gasteiger partial charge in [-0.05, 0) is 48.2 Å². The molecule has 1 saturated heterocycles. The fourth-order valence-electron chi connectivity index (χ4n) is 2.48. The van der Waals surface area contributed by atoms with Crippen LogP contribution in [-0.4, -0.2) is 51.5 Å². The van der Waals surface area contributed by atoms with Gasteiger partial charge in [0.1, 0.15) is 0 Å². The smallest absolute Gasteiger partial charge is 0.243 e. The van der Waals surface area contributed by atoms with Crippen LogP contribution in [0.25, 0.3) is 0 Å². The minimum atomic E-state index is -3.45. The Bertz CT molecular complexity index is 826. The van der Waals surface area contributed by atoms with Gasteiger partial charge in [0.25, 0.3) is 0 Å². The number of sulfonamides is 1. The molecule has 0 spiro atoms. The summed E-state index contributed by atoms with van der Waals surface area (Å²) in [5, 5.41) is 0. The zero-order chi connectivity index (χ0) is 17.7. The minimum absolute atomic E-state index is 0.290. The van der Waals surface area contributed by atoms with Crippen molar-refractivity contribution in [3.05, 3.63) is 54.1 Å². The van der Waals surface area contributed by atoms with Gasteiger partial charge in [-0.15, -0.1) is 11.8 Å². The molecule has 5 nitrogen and oxygen atoms in total. The summed E-state index contributed by atoms with van der Waals surface area (Å²) in [6, 6.07) is 14.8. The summed E-state index contributed by atoms with van der Waals surface area (Å²) in [5.74, 6) is 0. The lowest BCUT2D eigenvalue weighted by atomic mass is 10.2. The van der Waals surface area contributed by atoms with E-state index in [1.807, 2.05) is 30.5 Å². The van der Waals surface area contributed by atoms with Gasteiger partial charge in [0.2, 0.25) is 10.0 Å². The van der Waals surface area contributed by atoms with E-state index in [0.717, 1.165) is 11.3 Å². The maximum absolute atomic E-state index is 12.6. The Morgan fingerprint density at radius 1 is 1.04 bits per heavy atom. The third-order valence-electron chi connectivity index (χ3n) is 3.92. The van der Waals surface area contributed by atoms with Crippen molar-refractivity contribution >= 4 is 33.7 Å². The predicted molar refractivity (Wildman–Crippen MR) is 101 cm³/mol. The Kier molecular flexibility index (Phi) is 5.90. The van der Waals surface area contributed by atoms with Gasteiger partial charge < -0.3 is 4.74 Å². The lowest BCUT2D eigenvalue weighted by molar-refractivity contribution is 0.0730. The van der Waals surface area contributed by atoms with Gasteiger partial charge in [-0.25, -0.2) is 8.42 Å². The van der Waals surface area contributed by atoms with Crippen molar-refractivity contribution in [3.8, 4) is 0 Å². The van der Waals surface area contributed by atoms with Crippen molar-refractivity contribution in [2.75, 3.05) is 32.6 Å². The van der Waals surface area contributed by atoms with Crippen molar-refractivity contribution in [1.82, 2.24) is 4.31 Å². The molecule has 2 aromatic carbocycles. The van der Waals surface area contributed by atoms with Crippen molar-refractivity contribution in [2.45, 2.75) is 9.79 Å². The van der Waals surface area contributed by atoms with Crippen LogP contribution in [0.1, 0.15) is 5.56 Å². The number of nitrogens with zero attached hydrogens (tertiary/aromatic N) is 2. The monoisotopic (exact) mass is 376 g/mol. The largest absolute Gasteiger partial charge is 0.379 e. The molecule has 0 aromatic heterocycles. The Hall–Kier alpha value is -1.67. The molecule has 0 atom stereocenters. The van der Waals surface area contributed by atoms with Crippen molar-refractivity contribution in [2.24, 2.45) is 4.99 Å². The van der Waals surface area contributed by atoms with E-state index in [9.17, 15) is 8.42 Å². The second-order valence-electron chi connectivity index (χ2n) is 5.54. The molecule has 0 bridgehead atoms. The van der Waals surface area contributed by atoms with Crippen molar-refractivity contribution in [3.63, 3.8) is 0 Å². The summed E-state index contributed by atoms with van der Waals surface area (Å²) in [4.78, 5) is 5.90. The van der Waals surface area contributed by atoms with Crippen molar-refractivity contribution < 1.29 is 13.2 Å². The lowest BCUT2D eigenvalue weighted by Crippen LogP contribution is -2.40. The third kappa shape index (κ3) is 4.49. The van der Waals surface area contributed by atoms with E-state index < -0.39 is 10.0 Å². The first-order valence-corrected chi connectivity index (χ1v) is 10.6. The molecule has 1 heterocycles. The topological polar surface area (TPSA) is 59.0 Å². The number of benzene rings is 2. The molecule has 0 aliphatic carbocycles. The molecule has 1 aliphatic rings. The molecule has 0 saturated carbocycles. The van der Waals surface area contributed by atoms with E-state index in [4.69, 9.17) is 4.74 Å². The molecule has 0 amide bonds. The van der Waals surface area contributed by atoms with Gasteiger partial charge in [-0.3, -0.25) is 4.99 Å². The number of ether oxygens (including phenoxy) is 1. The molecule has 3 rings (SSSR count). The van der Waals surface area contributed by atoms with Crippen LogP contribution >= 0.6 is 11.8 Å². The van der Waals surface area contributed by atoms with Gasteiger partial charge in [-0.2, -0.15) is 4.31 Å².